The summed E-state index contributed by atoms with van der Waals surface area (Å²) in [5.41, 5.74) is -1.22. The van der Waals surface area contributed by atoms with E-state index in [0.717, 1.165) is 18.2 Å². The highest BCUT2D eigenvalue weighted by molar-refractivity contribution is 5.86. The first-order chi connectivity index (χ1) is 15.5. The standard InChI is InChI=1S/C22H22F3N/c1-16(20-13-5-10-18-9-2-3-12-21(18)20)26-14-6-8-17-7-4-11-19(15-17)22(23,24)25/h2-5,7,9-13,15-16,26H,6,8,14H2,1H3/t16-/m1/s1/i1D3,6D2,14D2,16D. The molecule has 0 saturated heterocycles. The molecule has 3 aromatic rings. The zero-order chi connectivity index (χ0) is 25.6. The van der Waals surface area contributed by atoms with Gasteiger partial charge in [-0.3, -0.25) is 0 Å². The van der Waals surface area contributed by atoms with E-state index in [0.29, 0.717) is 10.8 Å². The number of benzene rings is 3. The number of aryl methyl sites for hydroxylation is 1. The Kier molecular flexibility index (Phi) is 3.27. The Morgan fingerprint density at radius 1 is 1.08 bits per heavy atom. The molecule has 0 aliphatic carbocycles. The average Bonchev–Trinajstić information content (AvgIpc) is 2.71. The second-order valence-corrected chi connectivity index (χ2v) is 5.70. The molecule has 136 valence electrons. The molecule has 0 unspecified atom stereocenters. The highest BCUT2D eigenvalue weighted by Gasteiger charge is 2.30. The maximum Gasteiger partial charge on any atom is 0.416 e. The van der Waals surface area contributed by atoms with Crippen LogP contribution in [0.5, 0.6) is 0 Å². The van der Waals surface area contributed by atoms with Gasteiger partial charge in [-0.15, -0.1) is 0 Å². The number of nitrogens with one attached hydrogen (secondary N) is 1. The molecule has 3 rings (SSSR count). The number of hydrogen-bond acceptors (Lipinski definition) is 1. The summed E-state index contributed by atoms with van der Waals surface area (Å²) in [6, 6.07) is 12.3. The van der Waals surface area contributed by atoms with E-state index < -0.39 is 43.9 Å². The quantitative estimate of drug-likeness (QED) is 0.553. The van der Waals surface area contributed by atoms with Crippen LogP contribution in [-0.4, -0.2) is 6.50 Å². The van der Waals surface area contributed by atoms with Crippen molar-refractivity contribution in [3.63, 3.8) is 0 Å². The number of fused-ring (bicyclic) bond motifs is 1. The van der Waals surface area contributed by atoms with E-state index in [-0.39, 0.29) is 11.1 Å². The smallest absolute Gasteiger partial charge is 0.310 e. The lowest BCUT2D eigenvalue weighted by Crippen LogP contribution is -2.20. The third-order valence-electron chi connectivity index (χ3n) is 3.88. The molecule has 0 radical (unpaired) electrons. The van der Waals surface area contributed by atoms with E-state index in [4.69, 9.17) is 11.0 Å². The average molecular weight is 365 g/mol. The van der Waals surface area contributed by atoms with Crippen LogP contribution in [0.3, 0.4) is 0 Å². The van der Waals surface area contributed by atoms with Crippen molar-refractivity contribution in [2.75, 3.05) is 6.50 Å². The fourth-order valence-electron chi connectivity index (χ4n) is 2.62. The van der Waals surface area contributed by atoms with Gasteiger partial charge in [0.05, 0.1) is 6.93 Å². The molecule has 26 heavy (non-hydrogen) atoms. The number of alkyl halides is 3. The normalized spacial score (nSPS) is 20.4. The minimum atomic E-state index is -4.66. The maximum atomic E-state index is 13.0. The Balaban J connectivity index is 2.02. The van der Waals surface area contributed by atoms with Gasteiger partial charge < -0.3 is 5.32 Å². The molecule has 0 amide bonds. The Labute approximate surface area is 163 Å². The summed E-state index contributed by atoms with van der Waals surface area (Å²) in [6.07, 6.45) is -8.32. The lowest BCUT2D eigenvalue weighted by Gasteiger charge is -2.17. The molecule has 0 spiro atoms. The van der Waals surface area contributed by atoms with Gasteiger partial charge >= 0.3 is 6.18 Å². The summed E-state index contributed by atoms with van der Waals surface area (Å²) in [7, 11) is 0. The van der Waals surface area contributed by atoms with Crippen molar-refractivity contribution in [3.8, 4) is 0 Å². The monoisotopic (exact) mass is 365 g/mol. The van der Waals surface area contributed by atoms with Crippen molar-refractivity contribution in [1.29, 1.82) is 0 Å². The van der Waals surface area contributed by atoms with Gasteiger partial charge in [-0.05, 0) is 54.1 Å². The second kappa shape index (κ2) is 7.92. The molecule has 0 saturated carbocycles. The highest BCUT2D eigenvalue weighted by atomic mass is 19.4. The summed E-state index contributed by atoms with van der Waals surface area (Å²) in [6.45, 7) is -6.24. The van der Waals surface area contributed by atoms with Gasteiger partial charge in [-0.25, -0.2) is 0 Å². The summed E-state index contributed by atoms with van der Waals surface area (Å²) in [5, 5.41) is 3.04. The number of halogens is 3. The SMILES string of the molecule is [2H]C([2H])(Cc1cccc(C(F)(F)F)c1)C([2H])([2H])N[C@@]([2H])(c1cccc2ccccc12)C([2H])([2H])[2H]. The Hall–Kier alpha value is -2.33. The minimum Gasteiger partial charge on any atom is -0.310 e. The number of rotatable bonds is 6. The van der Waals surface area contributed by atoms with Gasteiger partial charge in [0.25, 0.3) is 0 Å². The molecule has 0 aromatic heterocycles. The third kappa shape index (κ3) is 4.44. The van der Waals surface area contributed by atoms with E-state index in [1.54, 1.807) is 30.3 Å². The van der Waals surface area contributed by atoms with Crippen LogP contribution in [0, 0.1) is 0 Å². The van der Waals surface area contributed by atoms with Gasteiger partial charge in [0, 0.05) is 15.6 Å². The van der Waals surface area contributed by atoms with Crippen LogP contribution in [0.1, 0.15) is 46.9 Å². The molecule has 1 atom stereocenters. The van der Waals surface area contributed by atoms with Crippen LogP contribution in [-0.2, 0) is 12.6 Å². The van der Waals surface area contributed by atoms with Crippen LogP contribution in [0.2, 0.25) is 0 Å². The fraction of sp³-hybridized carbons (Fsp3) is 0.273. The summed E-state index contributed by atoms with van der Waals surface area (Å²) in [4.78, 5) is 0. The first-order valence-corrected chi connectivity index (χ1v) is 7.92. The van der Waals surface area contributed by atoms with Crippen molar-refractivity contribution in [1.82, 2.24) is 5.32 Å². The van der Waals surface area contributed by atoms with E-state index in [1.165, 1.54) is 18.2 Å². The predicted molar refractivity (Wildman–Crippen MR) is 100 cm³/mol. The maximum absolute atomic E-state index is 13.0. The largest absolute Gasteiger partial charge is 0.416 e. The number of hydrogen-bond donors (Lipinski definition) is 1. The summed E-state index contributed by atoms with van der Waals surface area (Å²) >= 11 is 0. The van der Waals surface area contributed by atoms with Crippen LogP contribution in [0.25, 0.3) is 10.8 Å². The Morgan fingerprint density at radius 2 is 1.85 bits per heavy atom. The fourth-order valence-corrected chi connectivity index (χ4v) is 2.62. The van der Waals surface area contributed by atoms with Crippen molar-refractivity contribution < 1.29 is 24.1 Å². The zero-order valence-electron chi connectivity index (χ0n) is 21.7. The van der Waals surface area contributed by atoms with E-state index >= 15 is 0 Å². The Bertz CT molecular complexity index is 1170. The molecule has 0 bridgehead atoms. The molecule has 0 aliphatic heterocycles. The highest BCUT2D eigenvalue weighted by Crippen LogP contribution is 2.29. The summed E-state index contributed by atoms with van der Waals surface area (Å²) in [5.74, 6) is 0. The van der Waals surface area contributed by atoms with E-state index in [2.05, 4.69) is 5.32 Å². The summed E-state index contributed by atoms with van der Waals surface area (Å²) < 4.78 is 105. The van der Waals surface area contributed by atoms with Crippen LogP contribution >= 0.6 is 0 Å². The minimum absolute atomic E-state index is 0.0793. The van der Waals surface area contributed by atoms with Gasteiger partial charge in [-0.2, -0.15) is 13.2 Å². The van der Waals surface area contributed by atoms with Gasteiger partial charge in [-0.1, -0.05) is 60.7 Å². The molecule has 1 N–H and O–H groups in total. The molecule has 1 nitrogen and oxygen atoms in total. The molecule has 3 aromatic carbocycles. The van der Waals surface area contributed by atoms with Crippen LogP contribution < -0.4 is 5.32 Å². The van der Waals surface area contributed by atoms with Crippen molar-refractivity contribution >= 4 is 10.8 Å². The van der Waals surface area contributed by atoms with E-state index in [1.807, 2.05) is 0 Å². The zero-order valence-corrected chi connectivity index (χ0v) is 13.7. The van der Waals surface area contributed by atoms with Gasteiger partial charge in [0.2, 0.25) is 0 Å². The molecule has 0 aliphatic rings. The van der Waals surface area contributed by atoms with Crippen LogP contribution in [0.4, 0.5) is 13.2 Å². The third-order valence-corrected chi connectivity index (χ3v) is 3.88. The second-order valence-electron chi connectivity index (χ2n) is 5.70. The Morgan fingerprint density at radius 3 is 2.65 bits per heavy atom. The first-order valence-electron chi connectivity index (χ1n) is 11.9. The van der Waals surface area contributed by atoms with Crippen molar-refractivity contribution in [2.24, 2.45) is 0 Å². The molecular weight excluding hydrogens is 335 g/mol. The van der Waals surface area contributed by atoms with E-state index in [9.17, 15) is 13.2 Å². The molecule has 0 fully saturated rings. The van der Waals surface area contributed by atoms with Gasteiger partial charge in [0.15, 0.2) is 0 Å². The van der Waals surface area contributed by atoms with Crippen LogP contribution in [0.15, 0.2) is 66.7 Å². The lowest BCUT2D eigenvalue weighted by molar-refractivity contribution is -0.137. The van der Waals surface area contributed by atoms with Crippen molar-refractivity contribution in [3.05, 3.63) is 83.4 Å². The van der Waals surface area contributed by atoms with Crippen molar-refractivity contribution in [2.45, 2.75) is 31.8 Å². The molecule has 0 heterocycles. The predicted octanol–water partition coefficient (Wildman–Crippen LogP) is 6.14. The topological polar surface area (TPSA) is 12.0 Å². The molecule has 4 heteroatoms. The molecular formula is C22H22F3N. The lowest BCUT2D eigenvalue weighted by atomic mass is 9.99. The first kappa shape index (κ1) is 10.7. The van der Waals surface area contributed by atoms with Gasteiger partial charge in [0.1, 0.15) is 0 Å².